The van der Waals surface area contributed by atoms with Crippen molar-refractivity contribution < 1.29 is 45.9 Å². The molecule has 0 aliphatic rings. The number of hydrogen-bond acceptors (Lipinski definition) is 10. The Morgan fingerprint density at radius 3 is 1.66 bits per heavy atom. The number of amides is 2. The van der Waals surface area contributed by atoms with Crippen molar-refractivity contribution in [1.82, 2.24) is 10.2 Å². The number of nitrogens with zero attached hydrogens (tertiary/aromatic N) is 1. The van der Waals surface area contributed by atoms with Gasteiger partial charge in [0.1, 0.15) is 16.6 Å². The Morgan fingerprint density at radius 1 is 0.906 bits per heavy atom. The molecule has 0 heterocycles. The smallest absolute Gasteiger partial charge is 0.409 e. The van der Waals surface area contributed by atoms with Gasteiger partial charge in [-0.3, -0.25) is 27.7 Å². The highest BCUT2D eigenvalue weighted by atomic mass is 35.5. The maximum Gasteiger partial charge on any atom is 0.529 e. The first-order valence-electron chi connectivity index (χ1n) is 9.20. The van der Waals surface area contributed by atoms with Crippen molar-refractivity contribution in [3.05, 3.63) is 22.6 Å². The molecule has 0 aromatic heterocycles. The molecule has 0 aromatic rings. The van der Waals surface area contributed by atoms with Gasteiger partial charge >= 0.3 is 15.6 Å². The third-order valence-electron chi connectivity index (χ3n) is 3.53. The van der Waals surface area contributed by atoms with Crippen LogP contribution in [0.3, 0.4) is 0 Å². The molecule has 12 nitrogen and oxygen atoms in total. The summed E-state index contributed by atoms with van der Waals surface area (Å²) in [6, 6.07) is 0. The molecular formula is C17H33ClN2O10P2. The fourth-order valence-corrected chi connectivity index (χ4v) is 3.41. The summed E-state index contributed by atoms with van der Waals surface area (Å²) in [5.74, 6) is -0.601. The molecule has 0 atom stereocenters. The first-order valence-corrected chi connectivity index (χ1v) is 12.5. The highest BCUT2D eigenvalue weighted by Crippen LogP contribution is 2.50. The molecule has 188 valence electrons. The molecular weight excluding hydrogens is 490 g/mol. The molecule has 0 saturated carbocycles. The standard InChI is InChI=1S/C10H19ClNO5P.C7H14NO5P/c1-6-12(7-2)10(13)9(11)8(3)17-18(14,15-4)16-5;1-6(5-7(9)8-2)13-14(10,11-3)12-4/h6-7H2,1-5H3;5H,1-4H3,(H,8,9)/b;6-5+. The van der Waals surface area contributed by atoms with Crippen molar-refractivity contribution in [2.75, 3.05) is 48.6 Å². The molecule has 0 aliphatic carbocycles. The number of phosphoric ester groups is 2. The van der Waals surface area contributed by atoms with Gasteiger partial charge in [0.05, 0.1) is 0 Å². The van der Waals surface area contributed by atoms with Crippen LogP contribution >= 0.6 is 27.2 Å². The van der Waals surface area contributed by atoms with Crippen LogP contribution in [-0.4, -0.2) is 65.3 Å². The molecule has 0 rings (SSSR count). The van der Waals surface area contributed by atoms with Gasteiger partial charge in [0.25, 0.3) is 5.91 Å². The van der Waals surface area contributed by atoms with Crippen molar-refractivity contribution in [1.29, 1.82) is 0 Å². The zero-order valence-corrected chi connectivity index (χ0v) is 22.3. The van der Waals surface area contributed by atoms with E-state index in [2.05, 4.69) is 23.4 Å². The number of carbonyl (C=O) groups is 2. The molecule has 32 heavy (non-hydrogen) atoms. The van der Waals surface area contributed by atoms with E-state index in [1.807, 2.05) is 13.8 Å². The normalized spacial score (nSPS) is 12.8. The fraction of sp³-hybridized carbons (Fsp3) is 0.647. The SMILES string of the molecule is CCN(CC)C(=O)C(Cl)=C(C)OP(=O)(OC)OC.CNC(=O)/C=C(\C)OP(=O)(OC)OC. The minimum absolute atomic E-state index is 0.000556. The topological polar surface area (TPSA) is 139 Å². The predicted molar refractivity (Wildman–Crippen MR) is 120 cm³/mol. The van der Waals surface area contributed by atoms with Crippen molar-refractivity contribution in [2.45, 2.75) is 27.7 Å². The Balaban J connectivity index is 0. The molecule has 1 N–H and O–H groups in total. The first kappa shape index (κ1) is 32.8. The Labute approximate surface area is 194 Å². The van der Waals surface area contributed by atoms with E-state index in [9.17, 15) is 18.7 Å². The maximum absolute atomic E-state index is 11.9. The lowest BCUT2D eigenvalue weighted by Crippen LogP contribution is -2.31. The van der Waals surface area contributed by atoms with Crippen molar-refractivity contribution in [2.24, 2.45) is 0 Å². The van der Waals surface area contributed by atoms with Crippen molar-refractivity contribution >= 4 is 39.1 Å². The fourth-order valence-electron chi connectivity index (χ4n) is 1.77. The van der Waals surface area contributed by atoms with Crippen LogP contribution in [0.5, 0.6) is 0 Å². The molecule has 0 aromatic carbocycles. The Morgan fingerprint density at radius 2 is 1.31 bits per heavy atom. The lowest BCUT2D eigenvalue weighted by atomic mass is 10.4. The van der Waals surface area contributed by atoms with Crippen LogP contribution < -0.4 is 5.32 Å². The summed E-state index contributed by atoms with van der Waals surface area (Å²) >= 11 is 5.89. The number of allylic oxidation sites excluding steroid dienone is 2. The van der Waals surface area contributed by atoms with E-state index >= 15 is 0 Å². The van der Waals surface area contributed by atoms with Gasteiger partial charge in [-0.05, 0) is 27.7 Å². The van der Waals surface area contributed by atoms with E-state index in [0.29, 0.717) is 13.1 Å². The van der Waals surface area contributed by atoms with E-state index < -0.39 is 21.6 Å². The third-order valence-corrected chi connectivity index (χ3v) is 6.75. The average Bonchev–Trinajstić information content (AvgIpc) is 2.78. The summed E-state index contributed by atoms with van der Waals surface area (Å²) in [4.78, 5) is 24.3. The Bertz CT molecular complexity index is 752. The van der Waals surface area contributed by atoms with E-state index in [1.165, 1.54) is 54.2 Å². The number of rotatable bonds is 12. The Kier molecular flexibility index (Phi) is 16.7. The van der Waals surface area contributed by atoms with Gasteiger partial charge < -0.3 is 19.3 Å². The number of hydrogen-bond donors (Lipinski definition) is 1. The van der Waals surface area contributed by atoms with Gasteiger partial charge in [0.2, 0.25) is 5.91 Å². The molecule has 2 amide bonds. The number of phosphoric acid groups is 2. The molecule has 0 saturated heterocycles. The summed E-state index contributed by atoms with van der Waals surface area (Å²) in [6.45, 7) is 7.60. The Hall–Kier alpha value is -1.39. The number of halogens is 1. The first-order chi connectivity index (χ1) is 14.8. The van der Waals surface area contributed by atoms with Gasteiger partial charge in [-0.1, -0.05) is 11.6 Å². The van der Waals surface area contributed by atoms with E-state index in [1.54, 1.807) is 0 Å². The van der Waals surface area contributed by atoms with Gasteiger partial charge in [-0.25, -0.2) is 9.13 Å². The monoisotopic (exact) mass is 522 g/mol. The lowest BCUT2D eigenvalue weighted by molar-refractivity contribution is -0.126. The average molecular weight is 523 g/mol. The molecule has 0 radical (unpaired) electrons. The second-order valence-corrected chi connectivity index (χ2v) is 9.52. The maximum atomic E-state index is 11.9. The molecule has 0 fully saturated rings. The van der Waals surface area contributed by atoms with Gasteiger partial charge in [0.15, 0.2) is 0 Å². The molecule has 0 spiro atoms. The lowest BCUT2D eigenvalue weighted by Gasteiger charge is -2.20. The van der Waals surface area contributed by atoms with Gasteiger partial charge in [-0.15, -0.1) is 0 Å². The summed E-state index contributed by atoms with van der Waals surface area (Å²) in [5.41, 5.74) is 0. The highest BCUT2D eigenvalue weighted by molar-refractivity contribution is 7.48. The minimum atomic E-state index is -3.69. The summed E-state index contributed by atoms with van der Waals surface area (Å²) in [6.07, 6.45) is 1.14. The predicted octanol–water partition coefficient (Wildman–Crippen LogP) is 3.80. The minimum Gasteiger partial charge on any atom is -0.409 e. The number of carbonyl (C=O) groups excluding carboxylic acids is 2. The van der Waals surface area contributed by atoms with Crippen LogP contribution in [0.4, 0.5) is 0 Å². The van der Waals surface area contributed by atoms with Gasteiger partial charge in [-0.2, -0.15) is 0 Å². The third kappa shape index (κ3) is 12.0. The summed E-state index contributed by atoms with van der Waals surface area (Å²) < 4.78 is 51.1. The van der Waals surface area contributed by atoms with Crippen molar-refractivity contribution in [3.8, 4) is 0 Å². The quantitative estimate of drug-likeness (QED) is 0.229. The summed E-state index contributed by atoms with van der Waals surface area (Å²) in [7, 11) is -1.03. The van der Waals surface area contributed by atoms with Crippen LogP contribution in [0.25, 0.3) is 0 Å². The van der Waals surface area contributed by atoms with E-state index in [4.69, 9.17) is 20.6 Å². The second kappa shape index (κ2) is 16.3. The molecule has 0 unspecified atom stereocenters. The van der Waals surface area contributed by atoms with Crippen LogP contribution in [0, 0.1) is 0 Å². The second-order valence-electron chi connectivity index (χ2n) is 5.52. The van der Waals surface area contributed by atoms with Crippen LogP contribution in [0.15, 0.2) is 22.6 Å². The van der Waals surface area contributed by atoms with Crippen LogP contribution in [0.1, 0.15) is 27.7 Å². The van der Waals surface area contributed by atoms with Gasteiger partial charge in [0, 0.05) is 54.7 Å². The zero-order valence-electron chi connectivity index (χ0n) is 19.8. The highest BCUT2D eigenvalue weighted by Gasteiger charge is 2.27. The number of nitrogens with one attached hydrogen (secondary N) is 1. The summed E-state index contributed by atoms with van der Waals surface area (Å²) in [5, 5.41) is 2.21. The molecule has 0 aliphatic heterocycles. The van der Waals surface area contributed by atoms with Crippen LogP contribution in [0.2, 0.25) is 0 Å². The zero-order chi connectivity index (χ0) is 25.5. The van der Waals surface area contributed by atoms with Crippen molar-refractivity contribution in [3.63, 3.8) is 0 Å². The van der Waals surface area contributed by atoms with E-state index in [0.717, 1.165) is 6.08 Å². The van der Waals surface area contributed by atoms with Crippen LogP contribution in [-0.2, 0) is 45.9 Å². The largest absolute Gasteiger partial charge is 0.529 e. The molecule has 15 heteroatoms. The van der Waals surface area contributed by atoms with E-state index in [-0.39, 0.29) is 22.5 Å². The molecule has 0 bridgehead atoms. The number of likely N-dealkylation sites (N-methyl/N-ethyl adjacent to an activating group) is 2.